The minimum atomic E-state index is -0.286. The van der Waals surface area contributed by atoms with Crippen molar-refractivity contribution in [2.24, 2.45) is 0 Å². The van der Waals surface area contributed by atoms with Crippen molar-refractivity contribution in [3.63, 3.8) is 0 Å². The van der Waals surface area contributed by atoms with Crippen LogP contribution in [-0.4, -0.2) is 29.8 Å². The van der Waals surface area contributed by atoms with Crippen LogP contribution in [0.5, 0.6) is 0 Å². The molecule has 0 N–H and O–H groups in total. The Kier molecular flexibility index (Phi) is 4.92. The molecule has 2 aliphatic rings. The van der Waals surface area contributed by atoms with Crippen LogP contribution in [0, 0.1) is 5.82 Å². The first kappa shape index (κ1) is 17.7. The number of carbonyl (C=O) groups excluding carboxylic acids is 2. The van der Waals surface area contributed by atoms with Crippen LogP contribution in [0.15, 0.2) is 48.5 Å². The van der Waals surface area contributed by atoms with E-state index < -0.39 is 0 Å². The number of hydrogen-bond donors (Lipinski definition) is 0. The number of likely N-dealkylation sites (tertiary alicyclic amines) is 1. The fourth-order valence-electron chi connectivity index (χ4n) is 4.19. The summed E-state index contributed by atoms with van der Waals surface area (Å²) in [6.07, 6.45) is 3.91. The molecule has 2 heterocycles. The molecule has 0 unspecified atom stereocenters. The fourth-order valence-corrected chi connectivity index (χ4v) is 4.19. The Morgan fingerprint density at radius 3 is 2.78 bits per heavy atom. The first-order valence-electron chi connectivity index (χ1n) is 9.57. The van der Waals surface area contributed by atoms with Crippen molar-refractivity contribution in [1.82, 2.24) is 4.90 Å². The van der Waals surface area contributed by atoms with E-state index in [0.717, 1.165) is 42.5 Å². The molecule has 0 radical (unpaired) electrons. The molecule has 0 bridgehead atoms. The average Bonchev–Trinajstić information content (AvgIpc) is 2.70. The third kappa shape index (κ3) is 3.59. The molecule has 2 aromatic rings. The molecular weight excluding hydrogens is 343 g/mol. The van der Waals surface area contributed by atoms with Crippen molar-refractivity contribution in [2.45, 2.75) is 38.1 Å². The van der Waals surface area contributed by atoms with E-state index in [1.165, 1.54) is 12.1 Å². The number of piperidine rings is 1. The molecule has 1 fully saturated rings. The largest absolute Gasteiger partial charge is 0.334 e. The number of anilines is 1. The van der Waals surface area contributed by atoms with E-state index in [1.807, 2.05) is 35.2 Å². The smallest absolute Gasteiger partial charge is 0.243 e. The summed E-state index contributed by atoms with van der Waals surface area (Å²) in [6, 6.07) is 14.1. The van der Waals surface area contributed by atoms with E-state index in [9.17, 15) is 14.0 Å². The number of hydrogen-bond acceptors (Lipinski definition) is 2. The lowest BCUT2D eigenvalue weighted by molar-refractivity contribution is -0.135. The van der Waals surface area contributed by atoms with Crippen LogP contribution in [0.2, 0.25) is 0 Å². The van der Waals surface area contributed by atoms with E-state index in [0.29, 0.717) is 13.0 Å². The Hall–Kier alpha value is -2.69. The summed E-state index contributed by atoms with van der Waals surface area (Å²) in [4.78, 5) is 29.0. The molecule has 2 amide bonds. The Morgan fingerprint density at radius 2 is 1.93 bits per heavy atom. The van der Waals surface area contributed by atoms with E-state index in [1.54, 1.807) is 11.0 Å². The van der Waals surface area contributed by atoms with Gasteiger partial charge in [0.15, 0.2) is 0 Å². The van der Waals surface area contributed by atoms with E-state index in [2.05, 4.69) is 0 Å². The van der Waals surface area contributed by atoms with Crippen LogP contribution < -0.4 is 4.90 Å². The molecular formula is C22H23FN2O2. The van der Waals surface area contributed by atoms with Crippen molar-refractivity contribution in [1.29, 1.82) is 0 Å². The Balaban J connectivity index is 1.57. The highest BCUT2D eigenvalue weighted by Gasteiger charge is 2.32. The lowest BCUT2D eigenvalue weighted by Gasteiger charge is -2.38. The monoisotopic (exact) mass is 366 g/mol. The normalized spacial score (nSPS) is 19.7. The zero-order chi connectivity index (χ0) is 18.8. The number of rotatable bonds is 3. The lowest BCUT2D eigenvalue weighted by atomic mass is 9.95. The number of nitrogens with zero attached hydrogens (tertiary/aromatic N) is 2. The van der Waals surface area contributed by atoms with Gasteiger partial charge in [0.1, 0.15) is 12.4 Å². The molecule has 27 heavy (non-hydrogen) atoms. The summed E-state index contributed by atoms with van der Waals surface area (Å²) in [5, 5.41) is 0. The van der Waals surface area contributed by atoms with Gasteiger partial charge in [0.2, 0.25) is 11.8 Å². The molecule has 4 rings (SSSR count). The second kappa shape index (κ2) is 7.51. The summed E-state index contributed by atoms with van der Waals surface area (Å²) in [7, 11) is 0. The number of halogens is 1. The number of para-hydroxylation sites is 1. The average molecular weight is 366 g/mol. The zero-order valence-electron chi connectivity index (χ0n) is 15.2. The molecule has 0 spiro atoms. The number of aryl methyl sites for hydroxylation is 1. The predicted molar refractivity (Wildman–Crippen MR) is 102 cm³/mol. The van der Waals surface area contributed by atoms with Gasteiger partial charge in [0.25, 0.3) is 0 Å². The highest BCUT2D eigenvalue weighted by atomic mass is 19.1. The number of fused-ring (bicyclic) bond motifs is 1. The van der Waals surface area contributed by atoms with Crippen LogP contribution in [0.4, 0.5) is 10.1 Å². The van der Waals surface area contributed by atoms with Crippen molar-refractivity contribution in [3.8, 4) is 0 Å². The molecule has 1 saturated heterocycles. The lowest BCUT2D eigenvalue weighted by Crippen LogP contribution is -2.47. The van der Waals surface area contributed by atoms with Gasteiger partial charge >= 0.3 is 0 Å². The Bertz CT molecular complexity index is 867. The van der Waals surface area contributed by atoms with Gasteiger partial charge in [0, 0.05) is 18.7 Å². The van der Waals surface area contributed by atoms with Gasteiger partial charge in [-0.05, 0) is 55.0 Å². The molecule has 0 aromatic heterocycles. The van der Waals surface area contributed by atoms with Gasteiger partial charge in [-0.25, -0.2) is 4.39 Å². The van der Waals surface area contributed by atoms with Crippen LogP contribution in [0.1, 0.15) is 42.9 Å². The minimum absolute atomic E-state index is 0.0126. The van der Waals surface area contributed by atoms with E-state index >= 15 is 0 Å². The Morgan fingerprint density at radius 1 is 1.07 bits per heavy atom. The second-order valence-electron chi connectivity index (χ2n) is 7.26. The van der Waals surface area contributed by atoms with Gasteiger partial charge in [-0.15, -0.1) is 0 Å². The molecule has 140 valence electrons. The van der Waals surface area contributed by atoms with Gasteiger partial charge in [-0.1, -0.05) is 30.3 Å². The highest BCUT2D eigenvalue weighted by Crippen LogP contribution is 2.32. The van der Waals surface area contributed by atoms with Crippen molar-refractivity contribution in [2.75, 3.05) is 18.0 Å². The summed E-state index contributed by atoms with van der Waals surface area (Å²) in [6.45, 7) is 0.686. The predicted octanol–water partition coefficient (Wildman–Crippen LogP) is 3.86. The van der Waals surface area contributed by atoms with Crippen LogP contribution in [-0.2, 0) is 16.0 Å². The molecule has 1 atom stereocenters. The highest BCUT2D eigenvalue weighted by molar-refractivity contribution is 6.01. The first-order valence-corrected chi connectivity index (χ1v) is 9.57. The van der Waals surface area contributed by atoms with Crippen molar-refractivity contribution < 1.29 is 14.0 Å². The second-order valence-corrected chi connectivity index (χ2v) is 7.26. The maximum absolute atomic E-state index is 13.7. The van der Waals surface area contributed by atoms with Crippen molar-refractivity contribution in [3.05, 3.63) is 65.5 Å². The van der Waals surface area contributed by atoms with Crippen LogP contribution >= 0.6 is 0 Å². The number of amides is 2. The maximum Gasteiger partial charge on any atom is 0.243 e. The Labute approximate surface area is 158 Å². The standard InChI is InChI=1S/C22H23FN2O2/c23-18-8-5-7-17(14-18)20-10-3-4-13-24(20)22(27)15-25-19-9-2-1-6-16(19)11-12-21(25)26/h1-2,5-9,14,20H,3-4,10-13,15H2/t20-/m0/s1. The number of carbonyl (C=O) groups is 2. The third-order valence-corrected chi connectivity index (χ3v) is 5.54. The van der Waals surface area contributed by atoms with Gasteiger partial charge < -0.3 is 9.80 Å². The number of benzene rings is 2. The van der Waals surface area contributed by atoms with Crippen LogP contribution in [0.25, 0.3) is 0 Å². The van der Waals surface area contributed by atoms with Gasteiger partial charge in [-0.2, -0.15) is 0 Å². The third-order valence-electron chi connectivity index (χ3n) is 5.54. The van der Waals surface area contributed by atoms with E-state index in [-0.39, 0.29) is 30.2 Å². The fraction of sp³-hybridized carbons (Fsp3) is 0.364. The summed E-state index contributed by atoms with van der Waals surface area (Å²) < 4.78 is 13.7. The summed E-state index contributed by atoms with van der Waals surface area (Å²) in [5.74, 6) is -0.374. The van der Waals surface area contributed by atoms with E-state index in [4.69, 9.17) is 0 Å². The summed E-state index contributed by atoms with van der Waals surface area (Å²) >= 11 is 0. The van der Waals surface area contributed by atoms with Gasteiger partial charge in [-0.3, -0.25) is 9.59 Å². The SMILES string of the molecule is O=C1CCc2ccccc2N1CC(=O)N1CCCC[C@H]1c1cccc(F)c1. The van der Waals surface area contributed by atoms with Gasteiger partial charge in [0.05, 0.1) is 6.04 Å². The van der Waals surface area contributed by atoms with Crippen LogP contribution in [0.3, 0.4) is 0 Å². The first-order chi connectivity index (χ1) is 13.1. The molecule has 4 nitrogen and oxygen atoms in total. The molecule has 5 heteroatoms. The molecule has 2 aromatic carbocycles. The maximum atomic E-state index is 13.7. The zero-order valence-corrected chi connectivity index (χ0v) is 15.2. The quantitative estimate of drug-likeness (QED) is 0.828. The summed E-state index contributed by atoms with van der Waals surface area (Å²) in [5.41, 5.74) is 2.76. The minimum Gasteiger partial charge on any atom is -0.334 e. The molecule has 0 saturated carbocycles. The topological polar surface area (TPSA) is 40.6 Å². The molecule has 0 aliphatic carbocycles. The molecule has 2 aliphatic heterocycles. The van der Waals surface area contributed by atoms with Crippen molar-refractivity contribution >= 4 is 17.5 Å².